The number of carbonyl (C=O) groups is 1. The van der Waals surface area contributed by atoms with Crippen molar-refractivity contribution in [1.82, 2.24) is 4.72 Å². The van der Waals surface area contributed by atoms with Crippen LogP contribution in [0.2, 0.25) is 10.0 Å². The molecule has 0 spiro atoms. The van der Waals surface area contributed by atoms with Gasteiger partial charge in [0, 0.05) is 28.3 Å². The van der Waals surface area contributed by atoms with E-state index < -0.39 is 21.5 Å². The van der Waals surface area contributed by atoms with Gasteiger partial charge in [0.2, 0.25) is 5.09 Å². The van der Waals surface area contributed by atoms with E-state index in [9.17, 15) is 13.2 Å². The zero-order chi connectivity index (χ0) is 19.0. The molecule has 0 aliphatic rings. The fraction of sp³-hybridized carbons (Fsp3) is 0.312. The highest BCUT2D eigenvalue weighted by Gasteiger charge is 2.27. The Morgan fingerprint density at radius 2 is 1.68 bits per heavy atom. The van der Waals surface area contributed by atoms with E-state index in [1.165, 1.54) is 24.1 Å². The van der Waals surface area contributed by atoms with E-state index in [1.807, 2.05) is 0 Å². The SMILES string of the molecule is CN(C(=O)c1ccc(S(=O)(=O)NC(C)(C)C)o1)c1cc(Cl)cc(Cl)c1. The van der Waals surface area contributed by atoms with Gasteiger partial charge in [0.15, 0.2) is 5.76 Å². The van der Waals surface area contributed by atoms with Gasteiger partial charge in [-0.25, -0.2) is 13.1 Å². The molecule has 1 heterocycles. The standard InChI is InChI=1S/C16H18Cl2N2O4S/c1-16(2,3)19-25(22,23)14-6-5-13(24-14)15(21)20(4)12-8-10(17)7-11(18)9-12/h5-9,19H,1-4H3. The minimum Gasteiger partial charge on any atom is -0.438 e. The minimum absolute atomic E-state index is 0.118. The number of benzene rings is 1. The molecule has 25 heavy (non-hydrogen) atoms. The summed E-state index contributed by atoms with van der Waals surface area (Å²) < 4.78 is 32.2. The molecule has 0 saturated carbocycles. The van der Waals surface area contributed by atoms with E-state index in [1.54, 1.807) is 39.0 Å². The second kappa shape index (κ2) is 6.99. The van der Waals surface area contributed by atoms with E-state index in [0.717, 1.165) is 0 Å². The lowest BCUT2D eigenvalue weighted by molar-refractivity contribution is 0.0961. The molecule has 0 aliphatic carbocycles. The molecule has 9 heteroatoms. The summed E-state index contributed by atoms with van der Waals surface area (Å²) in [7, 11) is -2.36. The average Bonchev–Trinajstić information content (AvgIpc) is 2.92. The molecule has 0 bridgehead atoms. The van der Waals surface area contributed by atoms with Crippen LogP contribution in [-0.2, 0) is 10.0 Å². The lowest BCUT2D eigenvalue weighted by Gasteiger charge is -2.19. The third-order valence-corrected chi connectivity index (χ3v) is 5.10. The second-order valence-electron chi connectivity index (χ2n) is 6.47. The largest absolute Gasteiger partial charge is 0.438 e. The average molecular weight is 405 g/mol. The van der Waals surface area contributed by atoms with Crippen LogP contribution >= 0.6 is 23.2 Å². The number of hydrogen-bond donors (Lipinski definition) is 1. The van der Waals surface area contributed by atoms with Crippen molar-refractivity contribution in [2.45, 2.75) is 31.4 Å². The number of nitrogens with zero attached hydrogens (tertiary/aromatic N) is 1. The van der Waals surface area contributed by atoms with Gasteiger partial charge in [-0.15, -0.1) is 0 Å². The van der Waals surface area contributed by atoms with Gasteiger partial charge in [-0.3, -0.25) is 4.79 Å². The number of rotatable bonds is 4. The van der Waals surface area contributed by atoms with Gasteiger partial charge in [0.1, 0.15) is 0 Å². The fourth-order valence-electron chi connectivity index (χ4n) is 2.05. The van der Waals surface area contributed by atoms with Crippen LogP contribution in [0.1, 0.15) is 31.3 Å². The Balaban J connectivity index is 2.28. The maximum Gasteiger partial charge on any atom is 0.293 e. The first-order valence-corrected chi connectivity index (χ1v) is 9.51. The molecule has 1 amide bonds. The summed E-state index contributed by atoms with van der Waals surface area (Å²) in [4.78, 5) is 13.8. The van der Waals surface area contributed by atoms with Crippen molar-refractivity contribution in [1.29, 1.82) is 0 Å². The number of amides is 1. The maximum absolute atomic E-state index is 12.5. The second-order valence-corrected chi connectivity index (χ2v) is 8.95. The van der Waals surface area contributed by atoms with Crippen LogP contribution in [-0.4, -0.2) is 26.9 Å². The molecule has 1 aromatic heterocycles. The molecular formula is C16H18Cl2N2O4S. The van der Waals surface area contributed by atoms with Crippen LogP contribution in [0, 0.1) is 0 Å². The Kier molecular flexibility index (Phi) is 5.53. The predicted molar refractivity (Wildman–Crippen MR) is 98.0 cm³/mol. The van der Waals surface area contributed by atoms with Crippen molar-refractivity contribution < 1.29 is 17.6 Å². The first kappa shape index (κ1) is 19.8. The van der Waals surface area contributed by atoms with E-state index >= 15 is 0 Å². The Bertz CT molecular complexity index is 881. The normalized spacial score (nSPS) is 12.2. The van der Waals surface area contributed by atoms with Crippen molar-refractivity contribution >= 4 is 44.8 Å². The highest BCUT2D eigenvalue weighted by Crippen LogP contribution is 2.26. The molecule has 0 unspecified atom stereocenters. The number of hydrogen-bond acceptors (Lipinski definition) is 4. The van der Waals surface area contributed by atoms with Gasteiger partial charge in [0.05, 0.1) is 0 Å². The van der Waals surface area contributed by atoms with Crippen LogP contribution in [0.5, 0.6) is 0 Å². The predicted octanol–water partition coefficient (Wildman–Crippen LogP) is 3.94. The summed E-state index contributed by atoms with van der Waals surface area (Å²) in [5.41, 5.74) is -0.222. The van der Waals surface area contributed by atoms with Crippen LogP contribution in [0.3, 0.4) is 0 Å². The number of nitrogens with one attached hydrogen (secondary N) is 1. The molecule has 6 nitrogen and oxygen atoms in total. The van der Waals surface area contributed by atoms with Gasteiger partial charge < -0.3 is 9.32 Å². The summed E-state index contributed by atoms with van der Waals surface area (Å²) in [6, 6.07) is 7.21. The van der Waals surface area contributed by atoms with Gasteiger partial charge in [0.25, 0.3) is 15.9 Å². The van der Waals surface area contributed by atoms with Gasteiger partial charge in [-0.2, -0.15) is 0 Å². The molecule has 1 N–H and O–H groups in total. The summed E-state index contributed by atoms with van der Waals surface area (Å²) in [6.07, 6.45) is 0. The first-order chi connectivity index (χ1) is 11.4. The molecule has 136 valence electrons. The Morgan fingerprint density at radius 1 is 1.12 bits per heavy atom. The fourth-order valence-corrected chi connectivity index (χ4v) is 3.92. The van der Waals surface area contributed by atoms with Crippen molar-refractivity contribution in [2.24, 2.45) is 0 Å². The molecule has 0 saturated heterocycles. The highest BCUT2D eigenvalue weighted by molar-refractivity contribution is 7.89. The van der Waals surface area contributed by atoms with Crippen molar-refractivity contribution in [3.63, 3.8) is 0 Å². The molecule has 0 aliphatic heterocycles. The van der Waals surface area contributed by atoms with Crippen LogP contribution in [0.25, 0.3) is 0 Å². The number of carbonyl (C=O) groups excluding carboxylic acids is 1. The summed E-state index contributed by atoms with van der Waals surface area (Å²) >= 11 is 11.9. The smallest absolute Gasteiger partial charge is 0.293 e. The molecule has 0 fully saturated rings. The Labute approximate surface area is 156 Å². The summed E-state index contributed by atoms with van der Waals surface area (Å²) in [5.74, 6) is -0.650. The molecule has 0 radical (unpaired) electrons. The third kappa shape index (κ3) is 4.98. The van der Waals surface area contributed by atoms with E-state index in [-0.39, 0.29) is 10.9 Å². The number of furan rings is 1. The number of sulfonamides is 1. The quantitative estimate of drug-likeness (QED) is 0.836. The molecule has 2 rings (SSSR count). The highest BCUT2D eigenvalue weighted by atomic mass is 35.5. The molecular weight excluding hydrogens is 387 g/mol. The number of halogens is 2. The Morgan fingerprint density at radius 3 is 2.20 bits per heavy atom. The first-order valence-electron chi connectivity index (χ1n) is 7.27. The topological polar surface area (TPSA) is 79.6 Å². The van der Waals surface area contributed by atoms with Crippen molar-refractivity contribution in [2.75, 3.05) is 11.9 Å². The van der Waals surface area contributed by atoms with Crippen LogP contribution in [0.15, 0.2) is 39.8 Å². The van der Waals surface area contributed by atoms with Crippen molar-refractivity contribution in [3.05, 3.63) is 46.1 Å². The van der Waals surface area contributed by atoms with Gasteiger partial charge in [-0.1, -0.05) is 23.2 Å². The maximum atomic E-state index is 12.5. The molecule has 0 atom stereocenters. The van der Waals surface area contributed by atoms with Gasteiger partial charge in [-0.05, 0) is 51.1 Å². The lowest BCUT2D eigenvalue weighted by Crippen LogP contribution is -2.40. The summed E-state index contributed by atoms with van der Waals surface area (Å²) in [5, 5.41) is 0.418. The van der Waals surface area contributed by atoms with Crippen LogP contribution < -0.4 is 9.62 Å². The summed E-state index contributed by atoms with van der Waals surface area (Å²) in [6.45, 7) is 5.11. The van der Waals surface area contributed by atoms with Crippen LogP contribution in [0.4, 0.5) is 5.69 Å². The minimum atomic E-state index is -3.86. The monoisotopic (exact) mass is 404 g/mol. The van der Waals surface area contributed by atoms with Crippen molar-refractivity contribution in [3.8, 4) is 0 Å². The third-order valence-electron chi connectivity index (χ3n) is 3.04. The lowest BCUT2D eigenvalue weighted by atomic mass is 10.1. The van der Waals surface area contributed by atoms with E-state index in [4.69, 9.17) is 27.6 Å². The Hall–Kier alpha value is -1.54. The number of anilines is 1. The molecule has 1 aromatic carbocycles. The zero-order valence-electron chi connectivity index (χ0n) is 14.1. The van der Waals surface area contributed by atoms with E-state index in [0.29, 0.717) is 15.7 Å². The molecule has 2 aromatic rings. The van der Waals surface area contributed by atoms with E-state index in [2.05, 4.69) is 4.72 Å². The zero-order valence-corrected chi connectivity index (χ0v) is 16.5. The van der Waals surface area contributed by atoms with Gasteiger partial charge >= 0.3 is 0 Å².